The minimum absolute atomic E-state index is 0. The van der Waals surface area contributed by atoms with Crippen molar-refractivity contribution in [2.24, 2.45) is 0 Å². The molecule has 0 fully saturated rings. The molecular weight excluding hydrogens is 305 g/mol. The number of anilines is 1. The second kappa shape index (κ2) is 6.32. The summed E-state index contributed by atoms with van der Waals surface area (Å²) in [5.74, 6) is 0.584. The Bertz CT molecular complexity index is 508. The molecule has 0 saturated carbocycles. The lowest BCUT2D eigenvalue weighted by molar-refractivity contribution is -0.120. The highest BCUT2D eigenvalue weighted by atomic mass is 35.5. The van der Waals surface area contributed by atoms with E-state index in [1.807, 2.05) is 12.1 Å². The van der Waals surface area contributed by atoms with Gasteiger partial charge in [0.05, 0.1) is 12.2 Å². The highest BCUT2D eigenvalue weighted by Crippen LogP contribution is 2.36. The molecule has 1 aromatic carbocycles. The van der Waals surface area contributed by atoms with E-state index in [1.54, 1.807) is 0 Å². The van der Waals surface area contributed by atoms with Gasteiger partial charge in [0.1, 0.15) is 18.9 Å². The van der Waals surface area contributed by atoms with Crippen molar-refractivity contribution in [1.82, 2.24) is 5.32 Å². The van der Waals surface area contributed by atoms with Gasteiger partial charge in [-0.15, -0.1) is 12.4 Å². The van der Waals surface area contributed by atoms with Gasteiger partial charge in [0.15, 0.2) is 0 Å². The fourth-order valence-electron chi connectivity index (χ4n) is 2.82. The normalized spacial score (nSPS) is 18.0. The first-order valence-electron chi connectivity index (χ1n) is 6.84. The molecule has 1 N–H and O–H groups in total. The first-order chi connectivity index (χ1) is 9.53. The van der Waals surface area contributed by atoms with Crippen molar-refractivity contribution in [3.05, 3.63) is 23.3 Å². The molecule has 2 aliphatic rings. The van der Waals surface area contributed by atoms with Crippen LogP contribution in [0.4, 0.5) is 18.9 Å². The van der Waals surface area contributed by atoms with Gasteiger partial charge in [-0.2, -0.15) is 13.2 Å². The lowest BCUT2D eigenvalue weighted by Crippen LogP contribution is -2.39. The van der Waals surface area contributed by atoms with E-state index in [4.69, 9.17) is 4.74 Å². The Hall–Kier alpha value is -1.14. The van der Waals surface area contributed by atoms with Gasteiger partial charge < -0.3 is 15.0 Å². The first kappa shape index (κ1) is 16.2. The van der Waals surface area contributed by atoms with E-state index in [0.717, 1.165) is 31.5 Å². The molecule has 2 aliphatic heterocycles. The average Bonchev–Trinajstić information content (AvgIpc) is 2.59. The summed E-state index contributed by atoms with van der Waals surface area (Å²) in [6.45, 7) is 1.44. The van der Waals surface area contributed by atoms with Crippen LogP contribution in [0.5, 0.6) is 5.75 Å². The molecule has 0 amide bonds. The van der Waals surface area contributed by atoms with Crippen molar-refractivity contribution in [1.29, 1.82) is 0 Å². The predicted octanol–water partition coefficient (Wildman–Crippen LogP) is 2.56. The molecule has 0 aliphatic carbocycles. The van der Waals surface area contributed by atoms with Gasteiger partial charge in [-0.3, -0.25) is 0 Å². The minimum atomic E-state index is -4.19. The molecule has 0 spiro atoms. The molecule has 0 aromatic heterocycles. The number of hydrogen-bond donors (Lipinski definition) is 1. The summed E-state index contributed by atoms with van der Waals surface area (Å²) >= 11 is 0. The molecule has 21 heavy (non-hydrogen) atoms. The number of nitrogens with one attached hydrogen (secondary N) is 1. The molecule has 0 unspecified atom stereocenters. The first-order valence-corrected chi connectivity index (χ1v) is 6.84. The lowest BCUT2D eigenvalue weighted by atomic mass is 10.0. The Kier molecular flexibility index (Phi) is 4.88. The zero-order valence-corrected chi connectivity index (χ0v) is 12.3. The topological polar surface area (TPSA) is 24.5 Å². The summed E-state index contributed by atoms with van der Waals surface area (Å²) in [5.41, 5.74) is 2.89. The maximum absolute atomic E-state index is 12.6. The van der Waals surface area contributed by atoms with E-state index >= 15 is 0 Å². The summed E-state index contributed by atoms with van der Waals surface area (Å²) in [4.78, 5) is 1.37. The summed E-state index contributed by atoms with van der Waals surface area (Å²) in [6, 6.07) is 3.79. The molecular formula is C14H18ClF3N2O. The lowest BCUT2D eigenvalue weighted by Gasteiger charge is -2.32. The zero-order valence-electron chi connectivity index (χ0n) is 11.5. The molecule has 3 nitrogen and oxygen atoms in total. The van der Waals surface area contributed by atoms with Crippen LogP contribution in [-0.2, 0) is 12.8 Å². The van der Waals surface area contributed by atoms with Crippen LogP contribution in [0.15, 0.2) is 12.1 Å². The van der Waals surface area contributed by atoms with E-state index < -0.39 is 12.7 Å². The fourth-order valence-corrected chi connectivity index (χ4v) is 2.82. The number of ether oxygens (including phenoxy) is 1. The number of halogens is 4. The van der Waals surface area contributed by atoms with Crippen LogP contribution in [0.3, 0.4) is 0 Å². The summed E-state index contributed by atoms with van der Waals surface area (Å²) in [5, 5.41) is 3.30. The second-order valence-corrected chi connectivity index (χ2v) is 5.22. The zero-order chi connectivity index (χ0) is 14.2. The third-order valence-electron chi connectivity index (χ3n) is 3.75. The van der Waals surface area contributed by atoms with E-state index in [0.29, 0.717) is 18.0 Å². The van der Waals surface area contributed by atoms with E-state index in [2.05, 4.69) is 5.32 Å². The summed E-state index contributed by atoms with van der Waals surface area (Å²) in [6.07, 6.45) is -2.45. The largest absolute Gasteiger partial charge is 0.490 e. The van der Waals surface area contributed by atoms with Gasteiger partial charge in [0.2, 0.25) is 0 Å². The van der Waals surface area contributed by atoms with Crippen molar-refractivity contribution >= 4 is 18.1 Å². The highest BCUT2D eigenvalue weighted by Gasteiger charge is 2.33. The molecule has 118 valence electrons. The van der Waals surface area contributed by atoms with E-state index in [1.165, 1.54) is 10.5 Å². The van der Waals surface area contributed by atoms with Crippen molar-refractivity contribution in [2.75, 3.05) is 37.7 Å². The standard InChI is InChI=1S/C14H17F3N2O.ClH/c15-14(16,17)9-19-5-6-20-13-8-11-2-4-18-3-1-10(11)7-12(13)19;/h7-8,18H,1-6,9H2;1H. The Labute approximate surface area is 127 Å². The van der Waals surface area contributed by atoms with E-state index in [9.17, 15) is 13.2 Å². The molecule has 0 radical (unpaired) electrons. The van der Waals surface area contributed by atoms with Crippen LogP contribution in [0.1, 0.15) is 11.1 Å². The van der Waals surface area contributed by atoms with Crippen molar-refractivity contribution in [2.45, 2.75) is 19.0 Å². The van der Waals surface area contributed by atoms with Gasteiger partial charge in [-0.25, -0.2) is 0 Å². The van der Waals surface area contributed by atoms with Gasteiger partial charge in [-0.1, -0.05) is 0 Å². The fraction of sp³-hybridized carbons (Fsp3) is 0.571. The quantitative estimate of drug-likeness (QED) is 0.860. The Morgan fingerprint density at radius 1 is 1.14 bits per heavy atom. The number of alkyl halides is 3. The minimum Gasteiger partial charge on any atom is -0.490 e. The van der Waals surface area contributed by atoms with Crippen LogP contribution in [0.25, 0.3) is 0 Å². The molecule has 0 saturated heterocycles. The summed E-state index contributed by atoms with van der Waals surface area (Å²) < 4.78 is 43.5. The van der Waals surface area contributed by atoms with Gasteiger partial charge in [0, 0.05) is 0 Å². The highest BCUT2D eigenvalue weighted by molar-refractivity contribution is 5.85. The van der Waals surface area contributed by atoms with Gasteiger partial charge in [0.25, 0.3) is 0 Å². The molecule has 1 aromatic rings. The molecule has 0 bridgehead atoms. The predicted molar refractivity (Wildman–Crippen MR) is 77.7 cm³/mol. The molecule has 0 atom stereocenters. The van der Waals surface area contributed by atoms with E-state index in [-0.39, 0.29) is 19.0 Å². The van der Waals surface area contributed by atoms with Crippen LogP contribution in [-0.4, -0.2) is 39.0 Å². The van der Waals surface area contributed by atoms with Gasteiger partial charge >= 0.3 is 6.18 Å². The van der Waals surface area contributed by atoms with Crippen LogP contribution >= 0.6 is 12.4 Å². The number of hydrogen-bond acceptors (Lipinski definition) is 3. The SMILES string of the molecule is Cl.FC(F)(F)CN1CCOc2cc3c(cc21)CCNCC3. The Morgan fingerprint density at radius 2 is 1.81 bits per heavy atom. The maximum atomic E-state index is 12.6. The third-order valence-corrected chi connectivity index (χ3v) is 3.75. The third kappa shape index (κ3) is 3.74. The smallest absolute Gasteiger partial charge is 0.405 e. The Morgan fingerprint density at radius 3 is 2.48 bits per heavy atom. The van der Waals surface area contributed by atoms with Crippen molar-refractivity contribution in [3.8, 4) is 5.75 Å². The van der Waals surface area contributed by atoms with Crippen LogP contribution in [0.2, 0.25) is 0 Å². The van der Waals surface area contributed by atoms with Crippen molar-refractivity contribution in [3.63, 3.8) is 0 Å². The number of rotatable bonds is 1. The molecule has 7 heteroatoms. The van der Waals surface area contributed by atoms with Crippen molar-refractivity contribution < 1.29 is 17.9 Å². The molecule has 2 heterocycles. The Balaban J connectivity index is 0.00000161. The van der Waals surface area contributed by atoms with Gasteiger partial charge in [-0.05, 0) is 49.2 Å². The summed E-state index contributed by atoms with van der Waals surface area (Å²) in [7, 11) is 0. The molecule has 3 rings (SSSR count). The number of benzene rings is 1. The number of nitrogens with zero attached hydrogens (tertiary/aromatic N) is 1. The number of fused-ring (bicyclic) bond motifs is 2. The van der Waals surface area contributed by atoms with Crippen LogP contribution < -0.4 is 15.0 Å². The van der Waals surface area contributed by atoms with Crippen LogP contribution in [0, 0.1) is 0 Å². The average molecular weight is 323 g/mol. The maximum Gasteiger partial charge on any atom is 0.405 e. The second-order valence-electron chi connectivity index (χ2n) is 5.22. The monoisotopic (exact) mass is 322 g/mol.